The van der Waals surface area contributed by atoms with Crippen LogP contribution in [-0.4, -0.2) is 6.61 Å². The van der Waals surface area contributed by atoms with Crippen LogP contribution in [0.4, 0.5) is 13.2 Å². The smallest absolute Gasteiger partial charge is 0.426 e. The number of halogens is 3. The van der Waals surface area contributed by atoms with Crippen molar-refractivity contribution >= 4 is 6.08 Å². The normalized spacial score (nSPS) is 11.7. The van der Waals surface area contributed by atoms with E-state index < -0.39 is 17.5 Å². The number of unbranched alkanes of at least 4 members (excludes halogenated alkanes) is 1. The van der Waals surface area contributed by atoms with Crippen LogP contribution >= 0.6 is 0 Å². The van der Waals surface area contributed by atoms with Gasteiger partial charge in [0.2, 0.25) is 0 Å². The van der Waals surface area contributed by atoms with Gasteiger partial charge < -0.3 is 9.47 Å². The maximum atomic E-state index is 14.3. The minimum atomic E-state index is -3.65. The number of benzene rings is 2. The zero-order chi connectivity index (χ0) is 18.3. The van der Waals surface area contributed by atoms with Crippen molar-refractivity contribution < 1.29 is 22.6 Å². The fourth-order valence-corrected chi connectivity index (χ4v) is 2.17. The largest absolute Gasteiger partial charge is 0.491 e. The van der Waals surface area contributed by atoms with Crippen LogP contribution < -0.4 is 9.47 Å². The monoisotopic (exact) mass is 350 g/mol. The molecule has 0 fully saturated rings. The molecule has 0 aromatic heterocycles. The van der Waals surface area contributed by atoms with Crippen LogP contribution in [-0.2, 0) is 6.11 Å². The third kappa shape index (κ3) is 5.28. The van der Waals surface area contributed by atoms with E-state index in [0.29, 0.717) is 6.61 Å². The highest BCUT2D eigenvalue weighted by Crippen LogP contribution is 2.33. The summed E-state index contributed by atoms with van der Waals surface area (Å²) in [5.41, 5.74) is 0.308. The maximum Gasteiger partial charge on any atom is 0.426 e. The molecule has 0 saturated heterocycles. The highest BCUT2D eigenvalue weighted by Gasteiger charge is 2.35. The van der Waals surface area contributed by atoms with E-state index in [2.05, 4.69) is 0 Å². The van der Waals surface area contributed by atoms with Crippen LogP contribution in [0.25, 0.3) is 6.08 Å². The van der Waals surface area contributed by atoms with Gasteiger partial charge in [0.25, 0.3) is 0 Å². The Morgan fingerprint density at radius 1 is 1.08 bits per heavy atom. The molecule has 2 aromatic rings. The van der Waals surface area contributed by atoms with Crippen molar-refractivity contribution in [3.8, 4) is 11.5 Å². The van der Waals surface area contributed by atoms with E-state index in [1.807, 2.05) is 26.0 Å². The molecular weight excluding hydrogens is 329 g/mol. The highest BCUT2D eigenvalue weighted by atomic mass is 19.3. The Balaban J connectivity index is 2.11. The summed E-state index contributed by atoms with van der Waals surface area (Å²) >= 11 is 0. The van der Waals surface area contributed by atoms with E-state index in [1.165, 1.54) is 18.2 Å². The van der Waals surface area contributed by atoms with Crippen molar-refractivity contribution in [1.29, 1.82) is 0 Å². The Morgan fingerprint density at radius 2 is 1.80 bits per heavy atom. The van der Waals surface area contributed by atoms with Gasteiger partial charge in [-0.05, 0) is 49.2 Å². The lowest BCUT2D eigenvalue weighted by Crippen LogP contribution is -2.22. The molecule has 2 aromatic carbocycles. The molecular formula is C20H21F3O2. The Hall–Kier alpha value is -2.43. The van der Waals surface area contributed by atoms with Crippen LogP contribution in [0.2, 0.25) is 0 Å². The molecule has 2 nitrogen and oxygen atoms in total. The molecule has 0 spiro atoms. The lowest BCUT2D eigenvalue weighted by molar-refractivity contribution is -0.185. The van der Waals surface area contributed by atoms with Crippen LogP contribution in [0.15, 0.2) is 48.5 Å². The molecule has 0 atom stereocenters. The van der Waals surface area contributed by atoms with Crippen LogP contribution in [0.3, 0.4) is 0 Å². The summed E-state index contributed by atoms with van der Waals surface area (Å²) in [5, 5.41) is 0. The summed E-state index contributed by atoms with van der Waals surface area (Å²) in [6.45, 7) is 4.19. The number of hydrogen-bond acceptors (Lipinski definition) is 2. The second kappa shape index (κ2) is 8.60. The second-order valence-corrected chi connectivity index (χ2v) is 5.54. The molecule has 0 aliphatic heterocycles. The fraction of sp³-hybridized carbons (Fsp3) is 0.300. The van der Waals surface area contributed by atoms with E-state index in [4.69, 9.17) is 9.47 Å². The third-order valence-corrected chi connectivity index (χ3v) is 3.51. The standard InChI is InChI=1S/C20H21F3O2/c1-3-5-13-24-19-12-9-16(14-18(19)21)20(22,23)25-17-10-7-15(6-4-2)8-11-17/h4,6-12,14H,3,5,13H2,1-2H3/b6-4+. The summed E-state index contributed by atoms with van der Waals surface area (Å²) in [6.07, 6.45) is 1.71. The molecule has 0 N–H and O–H groups in total. The number of alkyl halides is 2. The molecule has 134 valence electrons. The fourth-order valence-electron chi connectivity index (χ4n) is 2.17. The molecule has 0 unspecified atom stereocenters. The molecule has 0 heterocycles. The maximum absolute atomic E-state index is 14.3. The first-order valence-electron chi connectivity index (χ1n) is 8.18. The molecule has 0 saturated carbocycles. The van der Waals surface area contributed by atoms with Crippen molar-refractivity contribution in [2.24, 2.45) is 0 Å². The van der Waals surface area contributed by atoms with Gasteiger partial charge >= 0.3 is 6.11 Å². The lowest BCUT2D eigenvalue weighted by Gasteiger charge is -2.19. The molecule has 0 amide bonds. The van der Waals surface area contributed by atoms with Crippen molar-refractivity contribution in [3.05, 3.63) is 65.5 Å². The summed E-state index contributed by atoms with van der Waals surface area (Å²) in [5.74, 6) is -0.869. The van der Waals surface area contributed by atoms with E-state index in [0.717, 1.165) is 30.5 Å². The van der Waals surface area contributed by atoms with E-state index >= 15 is 0 Å². The van der Waals surface area contributed by atoms with Crippen LogP contribution in [0.1, 0.15) is 37.8 Å². The number of allylic oxidation sites excluding steroid dienone is 1. The van der Waals surface area contributed by atoms with Gasteiger partial charge in [0.05, 0.1) is 12.2 Å². The van der Waals surface area contributed by atoms with Gasteiger partial charge in [0.15, 0.2) is 11.6 Å². The van der Waals surface area contributed by atoms with Gasteiger partial charge in [-0.1, -0.05) is 37.6 Å². The molecule has 0 radical (unpaired) electrons. The topological polar surface area (TPSA) is 18.5 Å². The number of ether oxygens (including phenoxy) is 2. The van der Waals surface area contributed by atoms with Crippen molar-refractivity contribution in [2.75, 3.05) is 6.61 Å². The van der Waals surface area contributed by atoms with Crippen LogP contribution in [0.5, 0.6) is 11.5 Å². The average Bonchev–Trinajstić information content (AvgIpc) is 2.58. The van der Waals surface area contributed by atoms with Crippen molar-refractivity contribution in [3.63, 3.8) is 0 Å². The number of rotatable bonds is 8. The first-order valence-corrected chi connectivity index (χ1v) is 8.18. The summed E-state index contributed by atoms with van der Waals surface area (Å²) in [6, 6.07) is 9.28. The van der Waals surface area contributed by atoms with Gasteiger partial charge in [0.1, 0.15) is 5.75 Å². The predicted octanol–water partition coefficient (Wildman–Crippen LogP) is 6.17. The molecule has 0 bridgehead atoms. The Kier molecular flexibility index (Phi) is 6.51. The van der Waals surface area contributed by atoms with Gasteiger partial charge in [-0.15, -0.1) is 0 Å². The first kappa shape index (κ1) is 18.9. The van der Waals surface area contributed by atoms with Gasteiger partial charge in [-0.3, -0.25) is 0 Å². The molecule has 0 aliphatic carbocycles. The summed E-state index contributed by atoms with van der Waals surface area (Å²) < 4.78 is 52.5. The van der Waals surface area contributed by atoms with Crippen LogP contribution in [0, 0.1) is 5.82 Å². The second-order valence-electron chi connectivity index (χ2n) is 5.54. The third-order valence-electron chi connectivity index (χ3n) is 3.51. The van der Waals surface area contributed by atoms with Crippen molar-refractivity contribution in [1.82, 2.24) is 0 Å². The molecule has 2 rings (SSSR count). The lowest BCUT2D eigenvalue weighted by atomic mass is 10.2. The Bertz CT molecular complexity index is 709. The highest BCUT2D eigenvalue weighted by molar-refractivity contribution is 5.50. The van der Waals surface area contributed by atoms with Gasteiger partial charge in [0, 0.05) is 0 Å². The molecule has 5 heteroatoms. The minimum Gasteiger partial charge on any atom is -0.491 e. The molecule has 0 aliphatic rings. The zero-order valence-electron chi connectivity index (χ0n) is 14.3. The first-order chi connectivity index (χ1) is 12.0. The van der Waals surface area contributed by atoms with E-state index in [-0.39, 0.29) is 11.5 Å². The molecule has 25 heavy (non-hydrogen) atoms. The summed E-state index contributed by atoms with van der Waals surface area (Å²) in [4.78, 5) is 0. The SMILES string of the molecule is C/C=C/c1ccc(OC(F)(F)c2ccc(OCCCC)c(F)c2)cc1. The average molecular weight is 350 g/mol. The van der Waals surface area contributed by atoms with Gasteiger partial charge in [-0.2, -0.15) is 8.78 Å². The van der Waals surface area contributed by atoms with E-state index in [9.17, 15) is 13.2 Å². The Morgan fingerprint density at radius 3 is 2.40 bits per heavy atom. The Labute approximate surface area is 145 Å². The summed E-state index contributed by atoms with van der Waals surface area (Å²) in [7, 11) is 0. The minimum absolute atomic E-state index is 0.00179. The number of hydrogen-bond donors (Lipinski definition) is 0. The van der Waals surface area contributed by atoms with Gasteiger partial charge in [-0.25, -0.2) is 4.39 Å². The quantitative estimate of drug-likeness (QED) is 0.530. The van der Waals surface area contributed by atoms with Crippen molar-refractivity contribution in [2.45, 2.75) is 32.8 Å². The zero-order valence-corrected chi connectivity index (χ0v) is 14.3. The van der Waals surface area contributed by atoms with E-state index in [1.54, 1.807) is 12.1 Å². The predicted molar refractivity (Wildman–Crippen MR) is 92.5 cm³/mol.